The predicted molar refractivity (Wildman–Crippen MR) is 109 cm³/mol. The van der Waals surface area contributed by atoms with Gasteiger partial charge in [0.25, 0.3) is 11.6 Å². The average molecular weight is 393 g/mol. The summed E-state index contributed by atoms with van der Waals surface area (Å²) in [5.41, 5.74) is 2.66. The number of nitrogens with zero attached hydrogens (tertiary/aromatic N) is 3. The van der Waals surface area contributed by atoms with E-state index < -0.39 is 16.8 Å². The van der Waals surface area contributed by atoms with Gasteiger partial charge in [0, 0.05) is 23.4 Å². The Bertz CT molecular complexity index is 1020. The van der Waals surface area contributed by atoms with Gasteiger partial charge in [0.05, 0.1) is 16.5 Å². The second-order valence-corrected chi connectivity index (χ2v) is 6.81. The Kier molecular flexibility index (Phi) is 5.54. The van der Waals surface area contributed by atoms with Crippen molar-refractivity contribution in [2.75, 3.05) is 5.01 Å². The lowest BCUT2D eigenvalue weighted by Crippen LogP contribution is -2.28. The Hall–Kier alpha value is -3.81. The molecule has 1 N–H and O–H groups in total. The third kappa shape index (κ3) is 4.37. The van der Waals surface area contributed by atoms with Crippen LogP contribution in [0, 0.1) is 23.0 Å². The molecule has 0 saturated carbocycles. The van der Waals surface area contributed by atoms with Gasteiger partial charge in [-0.3, -0.25) is 14.9 Å². The molecule has 8 heteroatoms. The van der Waals surface area contributed by atoms with Crippen LogP contribution in [0.3, 0.4) is 0 Å². The number of carbonyl (C=O) groups is 2. The first kappa shape index (κ1) is 19.9. The molecule has 1 unspecified atom stereocenters. The van der Waals surface area contributed by atoms with E-state index in [1.807, 2.05) is 19.1 Å². The summed E-state index contributed by atoms with van der Waals surface area (Å²) in [4.78, 5) is 34.8. The lowest BCUT2D eigenvalue weighted by molar-refractivity contribution is -0.384. The number of rotatable bonds is 6. The lowest BCUT2D eigenvalue weighted by Gasteiger charge is -2.15. The van der Waals surface area contributed by atoms with Crippen LogP contribution in [0.1, 0.15) is 24.5 Å². The van der Waals surface area contributed by atoms with E-state index in [4.69, 9.17) is 0 Å². The van der Waals surface area contributed by atoms with Crippen LogP contribution < -0.4 is 5.01 Å². The predicted octanol–water partition coefficient (Wildman–Crippen LogP) is 3.80. The van der Waals surface area contributed by atoms with Crippen molar-refractivity contribution in [3.63, 3.8) is 0 Å². The molecule has 0 aliphatic carbocycles. The summed E-state index contributed by atoms with van der Waals surface area (Å²) in [7, 11) is 0. The van der Waals surface area contributed by atoms with Crippen LogP contribution in [-0.2, 0) is 9.59 Å². The van der Waals surface area contributed by atoms with E-state index in [-0.39, 0.29) is 23.6 Å². The second-order valence-electron chi connectivity index (χ2n) is 6.81. The van der Waals surface area contributed by atoms with Crippen LogP contribution in [-0.4, -0.2) is 27.6 Å². The van der Waals surface area contributed by atoms with Crippen molar-refractivity contribution < 1.29 is 19.6 Å². The monoisotopic (exact) mass is 393 g/mol. The number of hydrazone groups is 1. The fourth-order valence-corrected chi connectivity index (χ4v) is 3.03. The molecule has 1 aliphatic rings. The van der Waals surface area contributed by atoms with Gasteiger partial charge in [-0.05, 0) is 56.2 Å². The molecule has 0 bridgehead atoms. The number of benzene rings is 2. The highest BCUT2D eigenvalue weighted by Gasteiger charge is 2.35. The van der Waals surface area contributed by atoms with Crippen LogP contribution in [0.4, 0.5) is 11.4 Å². The molecule has 3 rings (SSSR count). The van der Waals surface area contributed by atoms with Crippen LogP contribution in [0.25, 0.3) is 6.08 Å². The molecule has 29 heavy (non-hydrogen) atoms. The van der Waals surface area contributed by atoms with Crippen molar-refractivity contribution >= 4 is 35.0 Å². The summed E-state index contributed by atoms with van der Waals surface area (Å²) >= 11 is 0. The molecule has 2 aromatic carbocycles. The van der Waals surface area contributed by atoms with E-state index in [2.05, 4.69) is 5.10 Å². The van der Waals surface area contributed by atoms with Crippen LogP contribution in [0.5, 0.6) is 0 Å². The molecule has 1 amide bonds. The Labute approximate surface area is 166 Å². The third-order valence-electron chi connectivity index (χ3n) is 4.69. The molecule has 2 aromatic rings. The van der Waals surface area contributed by atoms with Crippen molar-refractivity contribution in [3.05, 3.63) is 75.3 Å². The molecule has 0 spiro atoms. The van der Waals surface area contributed by atoms with E-state index in [0.717, 1.165) is 5.56 Å². The topological polar surface area (TPSA) is 113 Å². The van der Waals surface area contributed by atoms with Crippen molar-refractivity contribution in [2.45, 2.75) is 20.3 Å². The van der Waals surface area contributed by atoms with Gasteiger partial charge in [-0.15, -0.1) is 0 Å². The van der Waals surface area contributed by atoms with Crippen LogP contribution in [0.15, 0.2) is 59.2 Å². The SMILES string of the molecule is CC1=NN(c2ccc(C)cc2)C(=O)C1C/C(=C/c1ccc([N+](=O)[O-])cc1)C(=O)O. The first-order chi connectivity index (χ1) is 13.8. The summed E-state index contributed by atoms with van der Waals surface area (Å²) in [6, 6.07) is 12.9. The molecule has 1 atom stereocenters. The number of non-ortho nitro benzene ring substituents is 1. The highest BCUT2D eigenvalue weighted by atomic mass is 16.6. The minimum Gasteiger partial charge on any atom is -0.478 e. The number of aryl methyl sites for hydroxylation is 1. The lowest BCUT2D eigenvalue weighted by atomic mass is 9.94. The quantitative estimate of drug-likeness (QED) is 0.456. The molecule has 0 aromatic heterocycles. The van der Waals surface area contributed by atoms with Gasteiger partial charge in [0.15, 0.2) is 0 Å². The smallest absolute Gasteiger partial charge is 0.331 e. The van der Waals surface area contributed by atoms with E-state index in [1.54, 1.807) is 19.1 Å². The number of anilines is 1. The number of aliphatic carboxylic acids is 1. The number of nitro benzene ring substituents is 1. The highest BCUT2D eigenvalue weighted by Crippen LogP contribution is 2.29. The molecule has 1 heterocycles. The molecule has 0 fully saturated rings. The fraction of sp³-hybridized carbons (Fsp3) is 0.190. The Morgan fingerprint density at radius 1 is 1.17 bits per heavy atom. The second kappa shape index (κ2) is 8.05. The van der Waals surface area contributed by atoms with Crippen molar-refractivity contribution in [3.8, 4) is 0 Å². The number of nitro groups is 1. The van der Waals surface area contributed by atoms with E-state index >= 15 is 0 Å². The first-order valence-electron chi connectivity index (χ1n) is 8.90. The number of amides is 1. The normalized spacial score (nSPS) is 16.7. The summed E-state index contributed by atoms with van der Waals surface area (Å²) in [5, 5.41) is 25.9. The molecule has 8 nitrogen and oxygen atoms in total. The standard InChI is InChI=1S/C21H19N3O5/c1-13-3-7-17(8-4-13)23-20(25)19(14(2)22-23)12-16(21(26)27)11-15-5-9-18(10-6-15)24(28)29/h3-11,19H,12H2,1-2H3,(H,26,27)/b16-11-. The average Bonchev–Trinajstić information content (AvgIpc) is 2.96. The minimum atomic E-state index is -1.15. The maximum Gasteiger partial charge on any atom is 0.331 e. The molecule has 0 radical (unpaired) electrons. The van der Waals surface area contributed by atoms with Crippen molar-refractivity contribution in [2.24, 2.45) is 11.0 Å². The van der Waals surface area contributed by atoms with Gasteiger partial charge in [0.2, 0.25) is 0 Å². The van der Waals surface area contributed by atoms with Gasteiger partial charge < -0.3 is 5.11 Å². The van der Waals surface area contributed by atoms with E-state index in [1.165, 1.54) is 35.4 Å². The van der Waals surface area contributed by atoms with Crippen molar-refractivity contribution in [1.82, 2.24) is 0 Å². The Morgan fingerprint density at radius 2 is 1.79 bits per heavy atom. The fourth-order valence-electron chi connectivity index (χ4n) is 3.03. The summed E-state index contributed by atoms with van der Waals surface area (Å²) in [5.74, 6) is -2.13. The molecule has 0 saturated heterocycles. The van der Waals surface area contributed by atoms with E-state index in [0.29, 0.717) is 17.0 Å². The number of hydrogen-bond acceptors (Lipinski definition) is 5. The van der Waals surface area contributed by atoms with Gasteiger partial charge in [-0.25, -0.2) is 9.80 Å². The number of carboxylic acids is 1. The van der Waals surface area contributed by atoms with Crippen LogP contribution in [0.2, 0.25) is 0 Å². The summed E-state index contributed by atoms with van der Waals surface area (Å²) < 4.78 is 0. The van der Waals surface area contributed by atoms with Gasteiger partial charge in [-0.1, -0.05) is 17.7 Å². The highest BCUT2D eigenvalue weighted by molar-refractivity contribution is 6.15. The molecular weight excluding hydrogens is 374 g/mol. The Morgan fingerprint density at radius 3 is 2.34 bits per heavy atom. The van der Waals surface area contributed by atoms with Gasteiger partial charge in [-0.2, -0.15) is 5.10 Å². The summed E-state index contributed by atoms with van der Waals surface area (Å²) in [6.45, 7) is 3.64. The zero-order chi connectivity index (χ0) is 21.1. The number of hydrogen-bond donors (Lipinski definition) is 1. The molecular formula is C21H19N3O5. The largest absolute Gasteiger partial charge is 0.478 e. The zero-order valence-electron chi connectivity index (χ0n) is 15.9. The maximum absolute atomic E-state index is 12.8. The minimum absolute atomic E-state index is 0.0250. The third-order valence-corrected chi connectivity index (χ3v) is 4.69. The van der Waals surface area contributed by atoms with Gasteiger partial charge >= 0.3 is 5.97 Å². The Balaban J connectivity index is 1.82. The van der Waals surface area contributed by atoms with Gasteiger partial charge in [0.1, 0.15) is 0 Å². The van der Waals surface area contributed by atoms with Crippen LogP contribution >= 0.6 is 0 Å². The first-order valence-corrected chi connectivity index (χ1v) is 8.90. The maximum atomic E-state index is 12.8. The molecule has 1 aliphatic heterocycles. The van der Waals surface area contributed by atoms with Crippen molar-refractivity contribution in [1.29, 1.82) is 0 Å². The van der Waals surface area contributed by atoms with E-state index in [9.17, 15) is 24.8 Å². The molecule has 148 valence electrons. The number of carboxylic acid groups (broad SMARTS) is 1. The zero-order valence-corrected chi connectivity index (χ0v) is 15.9. The number of carbonyl (C=O) groups excluding carboxylic acids is 1. The summed E-state index contributed by atoms with van der Waals surface area (Å²) in [6.07, 6.45) is 1.39.